The highest BCUT2D eigenvalue weighted by atomic mass is 31.2. The summed E-state index contributed by atoms with van der Waals surface area (Å²) in [4.78, 5) is 28.9. The molecule has 0 aromatic heterocycles. The predicted octanol–water partition coefficient (Wildman–Crippen LogP) is -1.33. The number of hydrogen-bond acceptors (Lipinski definition) is 5. The van der Waals surface area contributed by atoms with Gasteiger partial charge in [-0.3, -0.25) is 25.3 Å². The first kappa shape index (κ1) is 15.5. The zero-order chi connectivity index (χ0) is 12.8. The molecule has 0 heterocycles. The van der Waals surface area contributed by atoms with Crippen molar-refractivity contribution in [3.05, 3.63) is 0 Å². The van der Waals surface area contributed by atoms with Crippen LogP contribution in [0.15, 0.2) is 0 Å². The van der Waals surface area contributed by atoms with E-state index in [4.69, 9.17) is 5.11 Å². The van der Waals surface area contributed by atoms with E-state index in [1.165, 1.54) is 0 Å². The Morgan fingerprint density at radius 3 is 1.88 bits per heavy atom. The average molecular weight is 255 g/mol. The Kier molecular flexibility index (Phi) is 6.09. The van der Waals surface area contributed by atoms with Gasteiger partial charge in [0.2, 0.25) is 5.53 Å². The summed E-state index contributed by atoms with van der Waals surface area (Å²) >= 11 is 0. The van der Waals surface area contributed by atoms with Crippen molar-refractivity contribution in [2.75, 3.05) is 19.6 Å². The second kappa shape index (κ2) is 6.29. The van der Waals surface area contributed by atoms with Gasteiger partial charge in [-0.15, -0.1) is 0 Å². The molecule has 6 N–H and O–H groups in total. The van der Waals surface area contributed by atoms with Crippen LogP contribution in [0.4, 0.5) is 0 Å². The molecule has 0 bridgehead atoms. The molecule has 0 aliphatic rings. The summed E-state index contributed by atoms with van der Waals surface area (Å²) in [6.07, 6.45) is 0. The van der Waals surface area contributed by atoms with E-state index < -0.39 is 25.6 Å². The molecule has 9 heteroatoms. The molecule has 0 rings (SSSR count). The molecule has 0 aromatic carbocycles. The molecule has 8 nitrogen and oxygen atoms in total. The second-order valence-corrected chi connectivity index (χ2v) is 4.82. The van der Waals surface area contributed by atoms with Gasteiger partial charge in [0.1, 0.15) is 0 Å². The first-order chi connectivity index (χ1) is 7.29. The maximum absolute atomic E-state index is 11.4. The minimum atomic E-state index is -4.59. The van der Waals surface area contributed by atoms with E-state index in [-0.39, 0.29) is 13.1 Å². The standard InChI is InChI=1S/C7H18N3O5P/c1-3-8-7(9-4-2,16(13,14)15)10-5-6(11)12/h8-10H,3-5H2,1-2H3,(H,11,12)(H2,13,14,15). The van der Waals surface area contributed by atoms with Crippen molar-refractivity contribution in [2.24, 2.45) is 0 Å². The van der Waals surface area contributed by atoms with E-state index in [0.717, 1.165) is 0 Å². The van der Waals surface area contributed by atoms with Crippen LogP contribution in [0.25, 0.3) is 0 Å². The van der Waals surface area contributed by atoms with E-state index in [9.17, 15) is 19.1 Å². The van der Waals surface area contributed by atoms with Crippen LogP contribution in [0, 0.1) is 0 Å². The number of carboxylic acids is 1. The van der Waals surface area contributed by atoms with Gasteiger partial charge in [-0.2, -0.15) is 0 Å². The fraction of sp³-hybridized carbons (Fsp3) is 0.857. The van der Waals surface area contributed by atoms with Crippen LogP contribution in [0.1, 0.15) is 13.8 Å². The Bertz CT molecular complexity index is 273. The molecule has 0 spiro atoms. The molecule has 96 valence electrons. The monoisotopic (exact) mass is 255 g/mol. The van der Waals surface area contributed by atoms with E-state index >= 15 is 0 Å². The summed E-state index contributed by atoms with van der Waals surface area (Å²) < 4.78 is 11.4. The van der Waals surface area contributed by atoms with Gasteiger partial charge in [0.05, 0.1) is 6.54 Å². The molecular formula is C7H18N3O5P. The molecule has 0 radical (unpaired) electrons. The smallest absolute Gasteiger partial charge is 0.375 e. The molecular weight excluding hydrogens is 237 g/mol. The van der Waals surface area contributed by atoms with Gasteiger partial charge in [-0.25, -0.2) is 0 Å². The molecule has 0 fully saturated rings. The lowest BCUT2D eigenvalue weighted by Gasteiger charge is -2.35. The van der Waals surface area contributed by atoms with Gasteiger partial charge in [0.25, 0.3) is 0 Å². The maximum atomic E-state index is 11.4. The lowest BCUT2D eigenvalue weighted by atomic mass is 10.5. The van der Waals surface area contributed by atoms with E-state index in [1.807, 2.05) is 0 Å². The van der Waals surface area contributed by atoms with Crippen LogP contribution < -0.4 is 16.0 Å². The Morgan fingerprint density at radius 2 is 1.62 bits per heavy atom. The normalized spacial score (nSPS) is 12.8. The van der Waals surface area contributed by atoms with Crippen molar-refractivity contribution in [3.8, 4) is 0 Å². The molecule has 0 aliphatic heterocycles. The summed E-state index contributed by atoms with van der Waals surface area (Å²) in [6, 6.07) is 0. The third-order valence-corrected chi connectivity index (χ3v) is 3.15. The van der Waals surface area contributed by atoms with Gasteiger partial charge in [0, 0.05) is 0 Å². The topological polar surface area (TPSA) is 131 Å². The zero-order valence-electron chi connectivity index (χ0n) is 9.23. The van der Waals surface area contributed by atoms with E-state index in [1.54, 1.807) is 13.8 Å². The fourth-order valence-corrected chi connectivity index (χ4v) is 2.22. The number of hydrogen-bond donors (Lipinski definition) is 6. The molecule has 0 unspecified atom stereocenters. The summed E-state index contributed by atoms with van der Waals surface area (Å²) in [5.41, 5.74) is -1.89. The highest BCUT2D eigenvalue weighted by Gasteiger charge is 2.45. The van der Waals surface area contributed by atoms with Gasteiger partial charge >= 0.3 is 13.6 Å². The molecule has 0 amide bonds. The molecule has 0 aromatic rings. The predicted molar refractivity (Wildman–Crippen MR) is 57.8 cm³/mol. The molecule has 0 atom stereocenters. The van der Waals surface area contributed by atoms with Gasteiger partial charge in [0.15, 0.2) is 0 Å². The number of aliphatic carboxylic acids is 1. The van der Waals surface area contributed by atoms with Crippen LogP contribution in [-0.4, -0.2) is 46.0 Å². The van der Waals surface area contributed by atoms with E-state index in [2.05, 4.69) is 16.0 Å². The van der Waals surface area contributed by atoms with Crippen LogP contribution >= 0.6 is 7.60 Å². The second-order valence-electron chi connectivity index (χ2n) is 3.06. The highest BCUT2D eigenvalue weighted by molar-refractivity contribution is 7.53. The summed E-state index contributed by atoms with van der Waals surface area (Å²) in [5.74, 6) is -1.20. The Hall–Kier alpha value is -0.500. The molecule has 0 aliphatic carbocycles. The average Bonchev–Trinajstić information content (AvgIpc) is 2.13. The minimum Gasteiger partial charge on any atom is -0.480 e. The number of rotatable bonds is 8. The molecule has 0 saturated heterocycles. The first-order valence-corrected chi connectivity index (χ1v) is 6.42. The molecule has 0 saturated carbocycles. The van der Waals surface area contributed by atoms with Crippen molar-refractivity contribution < 1.29 is 24.3 Å². The quantitative estimate of drug-likeness (QED) is 0.232. The highest BCUT2D eigenvalue weighted by Crippen LogP contribution is 2.45. The van der Waals surface area contributed by atoms with Crippen molar-refractivity contribution >= 4 is 13.6 Å². The van der Waals surface area contributed by atoms with Crippen molar-refractivity contribution in [3.63, 3.8) is 0 Å². The van der Waals surface area contributed by atoms with E-state index in [0.29, 0.717) is 0 Å². The zero-order valence-corrected chi connectivity index (χ0v) is 10.1. The minimum absolute atomic E-state index is 0.269. The number of nitrogens with one attached hydrogen (secondary N) is 3. The Labute approximate surface area is 93.6 Å². The van der Waals surface area contributed by atoms with Gasteiger partial charge in [-0.1, -0.05) is 13.8 Å². The number of carboxylic acid groups (broad SMARTS) is 1. The lowest BCUT2D eigenvalue weighted by Crippen LogP contribution is -2.66. The lowest BCUT2D eigenvalue weighted by molar-refractivity contribution is -0.136. The summed E-state index contributed by atoms with van der Waals surface area (Å²) in [6.45, 7) is 3.29. The fourth-order valence-electron chi connectivity index (χ4n) is 1.21. The third-order valence-electron chi connectivity index (χ3n) is 1.80. The largest absolute Gasteiger partial charge is 0.480 e. The SMILES string of the molecule is CCNC(NCC)(NCC(=O)O)P(=O)(O)O. The number of carbonyl (C=O) groups is 1. The van der Waals surface area contributed by atoms with Crippen LogP contribution in [0.2, 0.25) is 0 Å². The van der Waals surface area contributed by atoms with Gasteiger partial charge in [-0.05, 0) is 13.1 Å². The van der Waals surface area contributed by atoms with Crippen LogP contribution in [0.5, 0.6) is 0 Å². The van der Waals surface area contributed by atoms with Gasteiger partial charge < -0.3 is 14.9 Å². The van der Waals surface area contributed by atoms with Crippen molar-refractivity contribution in [1.82, 2.24) is 16.0 Å². The maximum Gasteiger partial charge on any atom is 0.375 e. The summed E-state index contributed by atoms with van der Waals surface area (Å²) in [7, 11) is -4.59. The Morgan fingerprint density at radius 1 is 1.19 bits per heavy atom. The third kappa shape index (κ3) is 4.17. The molecule has 16 heavy (non-hydrogen) atoms. The Balaban J connectivity index is 4.93. The van der Waals surface area contributed by atoms with Crippen molar-refractivity contribution in [1.29, 1.82) is 0 Å². The van der Waals surface area contributed by atoms with Crippen LogP contribution in [-0.2, 0) is 9.36 Å². The van der Waals surface area contributed by atoms with Crippen molar-refractivity contribution in [2.45, 2.75) is 19.4 Å². The summed E-state index contributed by atoms with van der Waals surface area (Å²) in [5, 5.41) is 15.9. The first-order valence-electron chi connectivity index (χ1n) is 4.81. The van der Waals surface area contributed by atoms with Crippen LogP contribution in [0.3, 0.4) is 0 Å².